The summed E-state index contributed by atoms with van der Waals surface area (Å²) in [5.41, 5.74) is 0.902. The first-order chi connectivity index (χ1) is 10.1. The number of hydrogen-bond acceptors (Lipinski definition) is 4. The van der Waals surface area contributed by atoms with Crippen LogP contribution in [0.25, 0.3) is 0 Å². The molecule has 1 N–H and O–H groups in total. The van der Waals surface area contributed by atoms with E-state index < -0.39 is 27.5 Å². The standard InChI is InChI=1S/C15H21NO5S/c1-11(2)9-22(20,21)10-14(17)16(3)8-12-4-6-13(7-5-12)15(18)19/h4-7,11H,8-10H2,1-3H3,(H,18,19). The van der Waals surface area contributed by atoms with Gasteiger partial charge in [0.1, 0.15) is 5.75 Å². The molecule has 7 heteroatoms. The van der Waals surface area contributed by atoms with Gasteiger partial charge in [0.25, 0.3) is 0 Å². The molecule has 0 unspecified atom stereocenters. The second-order valence-electron chi connectivity index (χ2n) is 5.70. The zero-order chi connectivity index (χ0) is 16.9. The molecule has 0 saturated heterocycles. The third-order valence-corrected chi connectivity index (χ3v) is 4.84. The molecule has 6 nitrogen and oxygen atoms in total. The molecule has 0 aromatic heterocycles. The molecule has 122 valence electrons. The molecule has 0 atom stereocenters. The first-order valence-electron chi connectivity index (χ1n) is 6.87. The van der Waals surface area contributed by atoms with Gasteiger partial charge >= 0.3 is 5.97 Å². The van der Waals surface area contributed by atoms with E-state index in [4.69, 9.17) is 5.11 Å². The third-order valence-electron chi connectivity index (χ3n) is 2.98. The molecule has 1 aromatic rings. The molecule has 0 saturated carbocycles. The van der Waals surface area contributed by atoms with Crippen molar-refractivity contribution in [2.75, 3.05) is 18.6 Å². The molecule has 1 amide bonds. The van der Waals surface area contributed by atoms with Crippen LogP contribution in [-0.4, -0.2) is 48.9 Å². The Hall–Kier alpha value is -1.89. The average Bonchev–Trinajstić information content (AvgIpc) is 2.36. The van der Waals surface area contributed by atoms with Gasteiger partial charge in [0.15, 0.2) is 9.84 Å². The maximum Gasteiger partial charge on any atom is 0.335 e. The smallest absolute Gasteiger partial charge is 0.335 e. The van der Waals surface area contributed by atoms with Crippen molar-refractivity contribution in [1.29, 1.82) is 0 Å². The predicted molar refractivity (Wildman–Crippen MR) is 83.4 cm³/mol. The summed E-state index contributed by atoms with van der Waals surface area (Å²) in [5, 5.41) is 8.81. The average molecular weight is 327 g/mol. The van der Waals surface area contributed by atoms with Gasteiger partial charge in [0.2, 0.25) is 5.91 Å². The topological polar surface area (TPSA) is 91.8 Å². The van der Waals surface area contributed by atoms with Crippen molar-refractivity contribution in [3.8, 4) is 0 Å². The minimum absolute atomic E-state index is 0.0140. The zero-order valence-electron chi connectivity index (χ0n) is 12.9. The van der Waals surface area contributed by atoms with E-state index >= 15 is 0 Å². The van der Waals surface area contributed by atoms with Crippen LogP contribution >= 0.6 is 0 Å². The molecule has 0 fully saturated rings. The normalized spacial score (nSPS) is 11.5. The molecule has 0 spiro atoms. The van der Waals surface area contributed by atoms with Crippen molar-refractivity contribution in [2.45, 2.75) is 20.4 Å². The molecule has 0 aliphatic carbocycles. The maximum absolute atomic E-state index is 12.0. The Kier molecular flexibility index (Phi) is 6.11. The molecular weight excluding hydrogens is 306 g/mol. The minimum atomic E-state index is -3.40. The Labute approximate surface area is 130 Å². The summed E-state index contributed by atoms with van der Waals surface area (Å²) in [4.78, 5) is 24.1. The molecule has 0 heterocycles. The maximum atomic E-state index is 12.0. The number of carbonyl (C=O) groups is 2. The van der Waals surface area contributed by atoms with Crippen LogP contribution in [0.4, 0.5) is 0 Å². The van der Waals surface area contributed by atoms with E-state index in [-0.39, 0.29) is 23.8 Å². The van der Waals surface area contributed by atoms with Crippen molar-refractivity contribution in [3.63, 3.8) is 0 Å². The van der Waals surface area contributed by atoms with Gasteiger partial charge in [0, 0.05) is 13.6 Å². The molecule has 22 heavy (non-hydrogen) atoms. The van der Waals surface area contributed by atoms with Crippen LogP contribution in [0.3, 0.4) is 0 Å². The monoisotopic (exact) mass is 327 g/mol. The summed E-state index contributed by atoms with van der Waals surface area (Å²) in [6, 6.07) is 6.11. The summed E-state index contributed by atoms with van der Waals surface area (Å²) < 4.78 is 23.6. The number of rotatable bonds is 7. The van der Waals surface area contributed by atoms with Crippen LogP contribution in [0, 0.1) is 5.92 Å². The van der Waals surface area contributed by atoms with Crippen molar-refractivity contribution in [3.05, 3.63) is 35.4 Å². The number of sulfone groups is 1. The fraction of sp³-hybridized carbons (Fsp3) is 0.467. The van der Waals surface area contributed by atoms with Crippen LogP contribution in [0.1, 0.15) is 29.8 Å². The van der Waals surface area contributed by atoms with Gasteiger partial charge in [-0.1, -0.05) is 26.0 Å². The summed E-state index contributed by atoms with van der Waals surface area (Å²) >= 11 is 0. The highest BCUT2D eigenvalue weighted by atomic mass is 32.2. The van der Waals surface area contributed by atoms with Crippen molar-refractivity contribution < 1.29 is 23.1 Å². The van der Waals surface area contributed by atoms with Gasteiger partial charge in [0.05, 0.1) is 11.3 Å². The predicted octanol–water partition coefficient (Wildman–Crippen LogP) is 1.41. The number of nitrogens with zero attached hydrogens (tertiary/aromatic N) is 1. The second kappa shape index (κ2) is 7.40. The lowest BCUT2D eigenvalue weighted by Gasteiger charge is -2.18. The first-order valence-corrected chi connectivity index (χ1v) is 8.69. The fourth-order valence-electron chi connectivity index (χ4n) is 1.98. The van der Waals surface area contributed by atoms with E-state index in [2.05, 4.69) is 0 Å². The Balaban J connectivity index is 2.66. The van der Waals surface area contributed by atoms with Gasteiger partial charge in [-0.15, -0.1) is 0 Å². The van der Waals surface area contributed by atoms with Crippen LogP contribution < -0.4 is 0 Å². The number of benzene rings is 1. The zero-order valence-corrected chi connectivity index (χ0v) is 13.8. The number of aromatic carboxylic acids is 1. The number of carbonyl (C=O) groups excluding carboxylic acids is 1. The number of hydrogen-bond donors (Lipinski definition) is 1. The van der Waals surface area contributed by atoms with Crippen LogP contribution in [-0.2, 0) is 21.2 Å². The van der Waals surface area contributed by atoms with Crippen LogP contribution in [0.15, 0.2) is 24.3 Å². The molecule has 0 bridgehead atoms. The lowest BCUT2D eigenvalue weighted by molar-refractivity contribution is -0.127. The molecule has 1 rings (SSSR count). The van der Waals surface area contributed by atoms with E-state index in [0.29, 0.717) is 0 Å². The van der Waals surface area contributed by atoms with Crippen LogP contribution in [0.5, 0.6) is 0 Å². The Bertz CT molecular complexity index is 634. The Morgan fingerprint density at radius 3 is 2.18 bits per heavy atom. The summed E-state index contributed by atoms with van der Waals surface area (Å²) in [7, 11) is -1.88. The van der Waals surface area contributed by atoms with Crippen molar-refractivity contribution >= 4 is 21.7 Å². The van der Waals surface area contributed by atoms with Gasteiger partial charge < -0.3 is 10.0 Å². The van der Waals surface area contributed by atoms with Gasteiger partial charge in [-0.3, -0.25) is 4.79 Å². The molecule has 0 aliphatic heterocycles. The van der Waals surface area contributed by atoms with Crippen molar-refractivity contribution in [1.82, 2.24) is 4.90 Å². The van der Waals surface area contributed by atoms with E-state index in [1.54, 1.807) is 26.0 Å². The first kappa shape index (κ1) is 18.2. The highest BCUT2D eigenvalue weighted by Crippen LogP contribution is 2.08. The summed E-state index contributed by atoms with van der Waals surface area (Å²) in [5.74, 6) is -2.03. The molecule has 0 aliphatic rings. The molecular formula is C15H21NO5S. The van der Waals surface area contributed by atoms with Gasteiger partial charge in [-0.05, 0) is 23.6 Å². The quantitative estimate of drug-likeness (QED) is 0.817. The summed E-state index contributed by atoms with van der Waals surface area (Å²) in [6.07, 6.45) is 0. The number of amides is 1. The lowest BCUT2D eigenvalue weighted by Crippen LogP contribution is -2.33. The van der Waals surface area contributed by atoms with E-state index in [9.17, 15) is 18.0 Å². The van der Waals surface area contributed by atoms with E-state index in [1.165, 1.54) is 24.1 Å². The Morgan fingerprint density at radius 1 is 1.18 bits per heavy atom. The largest absolute Gasteiger partial charge is 0.478 e. The van der Waals surface area contributed by atoms with Gasteiger partial charge in [-0.25, -0.2) is 13.2 Å². The van der Waals surface area contributed by atoms with Crippen LogP contribution in [0.2, 0.25) is 0 Å². The SMILES string of the molecule is CC(C)CS(=O)(=O)CC(=O)N(C)Cc1ccc(C(=O)O)cc1. The number of carboxylic acid groups (broad SMARTS) is 1. The van der Waals surface area contributed by atoms with E-state index in [0.717, 1.165) is 5.56 Å². The Morgan fingerprint density at radius 2 is 1.73 bits per heavy atom. The minimum Gasteiger partial charge on any atom is -0.478 e. The third kappa shape index (κ3) is 5.85. The highest BCUT2D eigenvalue weighted by molar-refractivity contribution is 7.92. The highest BCUT2D eigenvalue weighted by Gasteiger charge is 2.21. The molecule has 1 aromatic carbocycles. The van der Waals surface area contributed by atoms with E-state index in [1.807, 2.05) is 0 Å². The fourth-order valence-corrected chi connectivity index (χ4v) is 3.71. The second-order valence-corrected chi connectivity index (χ2v) is 7.81. The van der Waals surface area contributed by atoms with Crippen molar-refractivity contribution in [2.24, 2.45) is 5.92 Å². The lowest BCUT2D eigenvalue weighted by atomic mass is 10.1. The number of carboxylic acids is 1. The van der Waals surface area contributed by atoms with Gasteiger partial charge in [-0.2, -0.15) is 0 Å². The molecule has 0 radical (unpaired) electrons. The summed E-state index contributed by atoms with van der Waals surface area (Å²) in [6.45, 7) is 3.81.